The monoisotopic (exact) mass is 594 g/mol. The van der Waals surface area contributed by atoms with E-state index in [-0.39, 0.29) is 24.4 Å². The molecule has 2 aliphatic rings. The highest BCUT2D eigenvalue weighted by molar-refractivity contribution is 7.88. The van der Waals surface area contributed by atoms with Gasteiger partial charge in [0, 0.05) is 64.9 Å². The van der Waals surface area contributed by atoms with Crippen LogP contribution >= 0.6 is 11.5 Å². The SMILES string of the molecule is CC1(C(=O)Nc2ccc3sncc3c2)CCC(c2nccc3cnc(N[C@@H]4CCN(S(C)(=O)=O)C[C@H]4O)cc23)CC1. The minimum atomic E-state index is -3.34. The zero-order chi connectivity index (χ0) is 28.8. The number of rotatable bonds is 6. The molecule has 1 aliphatic heterocycles. The first-order valence-corrected chi connectivity index (χ1v) is 16.5. The summed E-state index contributed by atoms with van der Waals surface area (Å²) in [5.41, 5.74) is 1.33. The van der Waals surface area contributed by atoms with Crippen molar-refractivity contribution in [3.8, 4) is 0 Å². The van der Waals surface area contributed by atoms with Gasteiger partial charge in [-0.3, -0.25) is 9.78 Å². The van der Waals surface area contributed by atoms with E-state index >= 15 is 0 Å². The molecule has 12 heteroatoms. The maximum absolute atomic E-state index is 13.3. The number of hydrogen-bond acceptors (Lipinski definition) is 9. The Bertz CT molecular complexity index is 1700. The number of hydrogen-bond donors (Lipinski definition) is 3. The number of sulfonamides is 1. The number of nitrogens with zero attached hydrogens (tertiary/aromatic N) is 4. The number of anilines is 2. The number of nitrogens with one attached hydrogen (secondary N) is 2. The number of fused-ring (bicyclic) bond motifs is 2. The Morgan fingerprint density at radius 2 is 1.90 bits per heavy atom. The summed E-state index contributed by atoms with van der Waals surface area (Å²) in [6.07, 6.45) is 9.44. The quantitative estimate of drug-likeness (QED) is 0.300. The second-order valence-electron chi connectivity index (χ2n) is 11.6. The van der Waals surface area contributed by atoms with Crippen LogP contribution in [0.4, 0.5) is 11.5 Å². The summed E-state index contributed by atoms with van der Waals surface area (Å²) in [4.78, 5) is 22.7. The van der Waals surface area contributed by atoms with Crippen LogP contribution in [0, 0.1) is 5.41 Å². The summed E-state index contributed by atoms with van der Waals surface area (Å²) >= 11 is 1.44. The predicted molar refractivity (Wildman–Crippen MR) is 162 cm³/mol. The lowest BCUT2D eigenvalue weighted by Crippen LogP contribution is -2.51. The lowest BCUT2D eigenvalue weighted by Gasteiger charge is -2.36. The largest absolute Gasteiger partial charge is 0.390 e. The van der Waals surface area contributed by atoms with Crippen LogP contribution in [0.15, 0.2) is 48.9 Å². The van der Waals surface area contributed by atoms with Crippen molar-refractivity contribution in [2.24, 2.45) is 5.41 Å². The lowest BCUT2D eigenvalue weighted by atomic mass is 9.70. The van der Waals surface area contributed by atoms with Crippen LogP contribution in [0.2, 0.25) is 0 Å². The maximum atomic E-state index is 13.3. The summed E-state index contributed by atoms with van der Waals surface area (Å²) in [6, 6.07) is 9.51. The number of aliphatic hydroxyl groups is 1. The number of carbonyl (C=O) groups is 1. The van der Waals surface area contributed by atoms with Crippen LogP contribution in [0.25, 0.3) is 20.9 Å². The molecule has 0 spiro atoms. The molecule has 1 amide bonds. The fourth-order valence-electron chi connectivity index (χ4n) is 6.04. The Hall–Kier alpha value is -3.19. The highest BCUT2D eigenvalue weighted by atomic mass is 32.2. The molecule has 4 aromatic rings. The van der Waals surface area contributed by atoms with E-state index in [0.29, 0.717) is 18.8 Å². The van der Waals surface area contributed by atoms with Gasteiger partial charge in [0.05, 0.1) is 28.8 Å². The van der Waals surface area contributed by atoms with Gasteiger partial charge in [-0.25, -0.2) is 13.4 Å². The molecule has 216 valence electrons. The average Bonchev–Trinajstić information content (AvgIpc) is 3.42. The van der Waals surface area contributed by atoms with Gasteiger partial charge >= 0.3 is 0 Å². The van der Waals surface area contributed by atoms with E-state index in [9.17, 15) is 18.3 Å². The Kier molecular flexibility index (Phi) is 7.43. The van der Waals surface area contributed by atoms with Gasteiger partial charge in [-0.2, -0.15) is 8.68 Å². The number of pyridine rings is 2. The number of amides is 1. The normalized spacial score (nSPS) is 25.8. The molecule has 41 heavy (non-hydrogen) atoms. The van der Waals surface area contributed by atoms with Crippen molar-refractivity contribution in [3.05, 3.63) is 54.6 Å². The smallest absolute Gasteiger partial charge is 0.230 e. The van der Waals surface area contributed by atoms with Crippen LogP contribution in [0.3, 0.4) is 0 Å². The zero-order valence-electron chi connectivity index (χ0n) is 23.1. The van der Waals surface area contributed by atoms with Gasteiger partial charge in [0.1, 0.15) is 5.82 Å². The maximum Gasteiger partial charge on any atom is 0.230 e. The number of piperidine rings is 1. The minimum absolute atomic E-state index is 0.0422. The number of aromatic nitrogens is 3. The van der Waals surface area contributed by atoms with E-state index in [4.69, 9.17) is 4.98 Å². The van der Waals surface area contributed by atoms with Gasteiger partial charge in [0.15, 0.2) is 0 Å². The van der Waals surface area contributed by atoms with E-state index in [2.05, 4.69) is 20.0 Å². The molecule has 0 bridgehead atoms. The molecular weight excluding hydrogens is 560 g/mol. The predicted octanol–water partition coefficient (Wildman–Crippen LogP) is 4.35. The number of benzene rings is 1. The summed E-state index contributed by atoms with van der Waals surface area (Å²) < 4.78 is 30.4. The zero-order valence-corrected chi connectivity index (χ0v) is 24.7. The van der Waals surface area contributed by atoms with Crippen molar-refractivity contribution in [3.63, 3.8) is 0 Å². The summed E-state index contributed by atoms with van der Waals surface area (Å²) in [7, 11) is -3.34. The molecule has 3 aromatic heterocycles. The molecular formula is C29H34N6O4S2. The number of β-amino-alcohol motifs (C(OH)–C–C–N with tert-alkyl or cyclic N) is 1. The number of carbonyl (C=O) groups excluding carboxylic acids is 1. The second-order valence-corrected chi connectivity index (χ2v) is 14.4. The second kappa shape index (κ2) is 10.9. The van der Waals surface area contributed by atoms with E-state index in [0.717, 1.165) is 64.2 Å². The van der Waals surface area contributed by atoms with Crippen molar-refractivity contribution in [1.82, 2.24) is 18.6 Å². The average molecular weight is 595 g/mol. The van der Waals surface area contributed by atoms with Crippen molar-refractivity contribution in [1.29, 1.82) is 0 Å². The van der Waals surface area contributed by atoms with Crippen LogP contribution in [0.5, 0.6) is 0 Å². The molecule has 6 rings (SSSR count). The highest BCUT2D eigenvalue weighted by Gasteiger charge is 2.39. The third-order valence-electron chi connectivity index (χ3n) is 8.66. The Morgan fingerprint density at radius 1 is 1.10 bits per heavy atom. The Labute approximate surface area is 243 Å². The molecule has 1 saturated carbocycles. The van der Waals surface area contributed by atoms with Gasteiger partial charge in [0.25, 0.3) is 0 Å². The summed E-state index contributed by atoms with van der Waals surface area (Å²) in [6.45, 7) is 2.46. The van der Waals surface area contributed by atoms with Crippen molar-refractivity contribution in [2.45, 2.75) is 57.1 Å². The van der Waals surface area contributed by atoms with Crippen LogP contribution in [-0.4, -0.2) is 69.6 Å². The van der Waals surface area contributed by atoms with Gasteiger partial charge in [-0.1, -0.05) is 6.92 Å². The minimum Gasteiger partial charge on any atom is -0.390 e. The van der Waals surface area contributed by atoms with Gasteiger partial charge in [-0.05, 0) is 74.0 Å². The molecule has 1 saturated heterocycles. The van der Waals surface area contributed by atoms with Crippen LogP contribution in [-0.2, 0) is 14.8 Å². The van der Waals surface area contributed by atoms with E-state index < -0.39 is 21.5 Å². The lowest BCUT2D eigenvalue weighted by molar-refractivity contribution is -0.126. The first-order chi connectivity index (χ1) is 19.6. The molecule has 1 aliphatic carbocycles. The Morgan fingerprint density at radius 3 is 2.66 bits per heavy atom. The standard InChI is InChI=1S/C29H34N6O4S2/c1-29(28(37)33-21-3-4-25-20(13-21)16-32-40-25)9-5-18(6-10-29)27-22-14-26(31-15-19(22)7-11-30-27)34-23-8-12-35(17-24(23)36)41(2,38)39/h3-4,7,11,13-16,18,23-24,36H,5-6,8-10,12,17H2,1-2H3,(H,31,34)(H,33,37)/t18?,23-,24-,29?/m1/s1. The fraction of sp³-hybridized carbons (Fsp3) is 0.448. The van der Waals surface area contributed by atoms with E-state index in [1.807, 2.05) is 49.6 Å². The summed E-state index contributed by atoms with van der Waals surface area (Å²) in [5.74, 6) is 0.883. The molecule has 10 nitrogen and oxygen atoms in total. The highest BCUT2D eigenvalue weighted by Crippen LogP contribution is 2.44. The third kappa shape index (κ3) is 5.78. The molecule has 0 unspecified atom stereocenters. The third-order valence-corrected chi connectivity index (χ3v) is 10.7. The molecule has 2 atom stereocenters. The topological polar surface area (TPSA) is 137 Å². The van der Waals surface area contributed by atoms with Gasteiger partial charge in [-0.15, -0.1) is 0 Å². The number of aliphatic hydroxyl groups excluding tert-OH is 1. The van der Waals surface area contributed by atoms with Gasteiger partial charge < -0.3 is 15.7 Å². The molecule has 1 aromatic carbocycles. The summed E-state index contributed by atoms with van der Waals surface area (Å²) in [5, 5.41) is 20.1. The van der Waals surface area contributed by atoms with Crippen molar-refractivity contribution < 1.29 is 18.3 Å². The van der Waals surface area contributed by atoms with E-state index in [1.54, 1.807) is 6.20 Å². The first kappa shape index (κ1) is 28.0. The first-order valence-electron chi connectivity index (χ1n) is 13.9. The van der Waals surface area contributed by atoms with Crippen LogP contribution in [0.1, 0.15) is 50.6 Å². The fourth-order valence-corrected chi connectivity index (χ4v) is 7.53. The Balaban J connectivity index is 1.14. The van der Waals surface area contributed by atoms with Gasteiger partial charge in [0.2, 0.25) is 15.9 Å². The molecule has 0 radical (unpaired) electrons. The van der Waals surface area contributed by atoms with Crippen LogP contribution < -0.4 is 10.6 Å². The van der Waals surface area contributed by atoms with E-state index in [1.165, 1.54) is 15.8 Å². The molecule has 4 heterocycles. The molecule has 3 N–H and O–H groups in total. The van der Waals surface area contributed by atoms with Crippen molar-refractivity contribution >= 4 is 59.8 Å². The molecule has 2 fully saturated rings. The van der Waals surface area contributed by atoms with Crippen molar-refractivity contribution in [2.75, 3.05) is 30.0 Å².